The second kappa shape index (κ2) is 5.20. The van der Waals surface area contributed by atoms with E-state index in [2.05, 4.69) is 67.7 Å². The van der Waals surface area contributed by atoms with Crippen LogP contribution in [0.5, 0.6) is 0 Å². The molecule has 1 unspecified atom stereocenters. The molecule has 2 aromatic rings. The summed E-state index contributed by atoms with van der Waals surface area (Å²) in [6.07, 6.45) is 1.01. The van der Waals surface area contributed by atoms with Crippen LogP contribution in [-0.2, 0) is 4.74 Å². The fraction of sp³-hybridized carbons (Fsp3) is 0.300. The van der Waals surface area contributed by atoms with Crippen LogP contribution < -0.4 is 5.32 Å². The number of ether oxygens (including phenoxy) is 1. The summed E-state index contributed by atoms with van der Waals surface area (Å²) in [5.41, 5.74) is 6.46. The van der Waals surface area contributed by atoms with Crippen LogP contribution in [0.2, 0.25) is 0 Å². The van der Waals surface area contributed by atoms with Crippen molar-refractivity contribution in [2.24, 2.45) is 0 Å². The van der Waals surface area contributed by atoms with Gasteiger partial charge < -0.3 is 10.1 Å². The molecule has 4 rings (SSSR count). The smallest absolute Gasteiger partial charge is 0.130 e. The molecule has 0 saturated carbocycles. The molecular weight excluding hydrogens is 270 g/mol. The molecule has 0 saturated heterocycles. The molecule has 0 amide bonds. The number of benzene rings is 2. The molecule has 2 aromatic carbocycles. The number of rotatable bonds is 2. The van der Waals surface area contributed by atoms with Crippen molar-refractivity contribution in [3.63, 3.8) is 0 Å². The van der Waals surface area contributed by atoms with Crippen LogP contribution in [0.1, 0.15) is 48.9 Å². The van der Waals surface area contributed by atoms with Gasteiger partial charge in [-0.15, -0.1) is 0 Å². The summed E-state index contributed by atoms with van der Waals surface area (Å²) in [7, 11) is 0. The zero-order chi connectivity index (χ0) is 15.1. The van der Waals surface area contributed by atoms with Crippen LogP contribution in [0.4, 0.5) is 5.69 Å². The van der Waals surface area contributed by atoms with Gasteiger partial charge in [0.05, 0.1) is 12.6 Å². The fourth-order valence-electron chi connectivity index (χ4n) is 3.40. The number of nitrogens with one attached hydrogen (secondary N) is 1. The zero-order valence-corrected chi connectivity index (χ0v) is 13.1. The first-order chi connectivity index (χ1) is 10.7. The molecule has 112 valence electrons. The summed E-state index contributed by atoms with van der Waals surface area (Å²) in [4.78, 5) is 0. The summed E-state index contributed by atoms with van der Waals surface area (Å²) < 4.78 is 6.01. The Balaban J connectivity index is 1.83. The van der Waals surface area contributed by atoms with Gasteiger partial charge in [-0.1, -0.05) is 50.2 Å². The summed E-state index contributed by atoms with van der Waals surface area (Å²) in [6, 6.07) is 17.6. The highest BCUT2D eigenvalue weighted by Gasteiger charge is 2.32. The molecule has 22 heavy (non-hydrogen) atoms. The molecular formula is C20H21NO. The van der Waals surface area contributed by atoms with Crippen molar-refractivity contribution in [1.29, 1.82) is 0 Å². The topological polar surface area (TPSA) is 21.3 Å². The molecule has 2 heterocycles. The van der Waals surface area contributed by atoms with Gasteiger partial charge in [0.2, 0.25) is 0 Å². The van der Waals surface area contributed by atoms with E-state index in [9.17, 15) is 0 Å². The first-order valence-corrected chi connectivity index (χ1v) is 8.05. The van der Waals surface area contributed by atoms with Gasteiger partial charge in [0.1, 0.15) is 5.76 Å². The Kier molecular flexibility index (Phi) is 3.18. The van der Waals surface area contributed by atoms with Gasteiger partial charge >= 0.3 is 0 Å². The van der Waals surface area contributed by atoms with E-state index < -0.39 is 0 Å². The van der Waals surface area contributed by atoms with Gasteiger partial charge in [0.15, 0.2) is 0 Å². The van der Waals surface area contributed by atoms with Crippen LogP contribution in [0.3, 0.4) is 0 Å². The monoisotopic (exact) mass is 291 g/mol. The molecule has 0 bridgehead atoms. The van der Waals surface area contributed by atoms with Gasteiger partial charge in [-0.25, -0.2) is 0 Å². The van der Waals surface area contributed by atoms with Crippen LogP contribution in [0.15, 0.2) is 54.1 Å². The molecule has 1 atom stereocenters. The van der Waals surface area contributed by atoms with Crippen LogP contribution in [0, 0.1) is 0 Å². The van der Waals surface area contributed by atoms with E-state index >= 15 is 0 Å². The van der Waals surface area contributed by atoms with Crippen molar-refractivity contribution in [1.82, 2.24) is 0 Å². The maximum atomic E-state index is 6.01. The summed E-state index contributed by atoms with van der Waals surface area (Å²) in [5, 5.41) is 3.71. The molecule has 0 radical (unpaired) electrons. The molecule has 0 aliphatic carbocycles. The Morgan fingerprint density at radius 3 is 2.68 bits per heavy atom. The second-order valence-corrected chi connectivity index (χ2v) is 6.40. The maximum Gasteiger partial charge on any atom is 0.130 e. The normalized spacial score (nSPS) is 19.5. The largest absolute Gasteiger partial charge is 0.492 e. The molecule has 2 heteroatoms. The van der Waals surface area contributed by atoms with E-state index in [1.54, 1.807) is 0 Å². The van der Waals surface area contributed by atoms with Gasteiger partial charge in [-0.05, 0) is 29.2 Å². The Morgan fingerprint density at radius 2 is 1.91 bits per heavy atom. The average Bonchev–Trinajstić information content (AvgIpc) is 3.04. The third-order valence-corrected chi connectivity index (χ3v) is 4.65. The molecule has 2 aliphatic rings. The summed E-state index contributed by atoms with van der Waals surface area (Å²) in [5.74, 6) is 1.63. The van der Waals surface area contributed by atoms with E-state index in [-0.39, 0.29) is 6.04 Å². The number of hydrogen-bond donors (Lipinski definition) is 1. The van der Waals surface area contributed by atoms with E-state index in [4.69, 9.17) is 4.74 Å². The number of hydrogen-bond acceptors (Lipinski definition) is 2. The lowest BCUT2D eigenvalue weighted by Gasteiger charge is -2.29. The Hall–Kier alpha value is -2.22. The van der Waals surface area contributed by atoms with E-state index in [1.165, 1.54) is 28.0 Å². The number of anilines is 1. The van der Waals surface area contributed by atoms with Crippen molar-refractivity contribution < 1.29 is 4.74 Å². The molecule has 2 aliphatic heterocycles. The lowest BCUT2D eigenvalue weighted by molar-refractivity contribution is 0.307. The molecule has 0 fully saturated rings. The van der Waals surface area contributed by atoms with E-state index in [0.717, 1.165) is 18.8 Å². The standard InChI is InChI=1S/C20H21NO/c1-13(2)15-8-9-18-17(12-15)20-16(10-11-22-20)19(21-18)14-6-4-3-5-7-14/h3-9,12-13,19,21H,10-11H2,1-2H3. The fourth-order valence-corrected chi connectivity index (χ4v) is 3.40. The van der Waals surface area contributed by atoms with Crippen LogP contribution in [-0.4, -0.2) is 6.61 Å². The Labute approximate surface area is 131 Å². The van der Waals surface area contributed by atoms with Crippen molar-refractivity contribution in [3.05, 3.63) is 70.8 Å². The molecule has 2 nitrogen and oxygen atoms in total. The van der Waals surface area contributed by atoms with Crippen LogP contribution >= 0.6 is 0 Å². The van der Waals surface area contributed by atoms with Gasteiger partial charge in [0, 0.05) is 23.2 Å². The van der Waals surface area contributed by atoms with Gasteiger partial charge in [0.25, 0.3) is 0 Å². The first kappa shape index (κ1) is 13.4. The van der Waals surface area contributed by atoms with Crippen molar-refractivity contribution in [2.75, 3.05) is 11.9 Å². The van der Waals surface area contributed by atoms with Crippen molar-refractivity contribution in [3.8, 4) is 0 Å². The average molecular weight is 291 g/mol. The van der Waals surface area contributed by atoms with E-state index in [1.807, 2.05) is 0 Å². The minimum atomic E-state index is 0.232. The molecule has 0 spiro atoms. The van der Waals surface area contributed by atoms with Crippen molar-refractivity contribution in [2.45, 2.75) is 32.2 Å². The van der Waals surface area contributed by atoms with Crippen molar-refractivity contribution >= 4 is 11.4 Å². The third-order valence-electron chi connectivity index (χ3n) is 4.65. The highest BCUT2D eigenvalue weighted by molar-refractivity contribution is 5.81. The lowest BCUT2D eigenvalue weighted by Crippen LogP contribution is -2.18. The minimum absolute atomic E-state index is 0.232. The lowest BCUT2D eigenvalue weighted by atomic mass is 9.88. The zero-order valence-electron chi connectivity index (χ0n) is 13.1. The second-order valence-electron chi connectivity index (χ2n) is 6.40. The highest BCUT2D eigenvalue weighted by Crippen LogP contribution is 2.45. The SMILES string of the molecule is CC(C)c1ccc2c(c1)C1=C(CCO1)C(c1ccccc1)N2. The predicted octanol–water partition coefficient (Wildman–Crippen LogP) is 5.11. The molecule has 1 N–H and O–H groups in total. The summed E-state index contributed by atoms with van der Waals surface area (Å²) >= 11 is 0. The number of fused-ring (bicyclic) bond motifs is 2. The van der Waals surface area contributed by atoms with Gasteiger partial charge in [-0.2, -0.15) is 0 Å². The van der Waals surface area contributed by atoms with Crippen LogP contribution in [0.25, 0.3) is 5.76 Å². The molecule has 0 aromatic heterocycles. The van der Waals surface area contributed by atoms with Gasteiger partial charge in [-0.3, -0.25) is 0 Å². The third kappa shape index (κ3) is 2.10. The first-order valence-electron chi connectivity index (χ1n) is 8.05. The maximum absolute atomic E-state index is 6.01. The predicted molar refractivity (Wildman–Crippen MR) is 90.8 cm³/mol. The van der Waals surface area contributed by atoms with E-state index in [0.29, 0.717) is 5.92 Å². The summed E-state index contributed by atoms with van der Waals surface area (Å²) in [6.45, 7) is 5.26. The highest BCUT2D eigenvalue weighted by atomic mass is 16.5. The quantitative estimate of drug-likeness (QED) is 0.830. The minimum Gasteiger partial charge on any atom is -0.492 e. The Morgan fingerprint density at radius 1 is 1.09 bits per heavy atom. The Bertz CT molecular complexity index is 731.